The van der Waals surface area contributed by atoms with Crippen LogP contribution in [0, 0.1) is 5.82 Å². The van der Waals surface area contributed by atoms with Gasteiger partial charge < -0.3 is 4.90 Å². The van der Waals surface area contributed by atoms with Gasteiger partial charge in [-0.2, -0.15) is 0 Å². The highest BCUT2D eigenvalue weighted by Crippen LogP contribution is 2.29. The van der Waals surface area contributed by atoms with Gasteiger partial charge in [0.25, 0.3) is 5.91 Å². The average molecular weight is 387 g/mol. The van der Waals surface area contributed by atoms with Crippen molar-refractivity contribution in [2.45, 2.75) is 19.0 Å². The molecule has 4 rings (SSSR count). The van der Waals surface area contributed by atoms with E-state index < -0.39 is 5.82 Å². The standard InChI is InChI=1S/C17H16ClFN2OS.ClH/c18-15-7-12(19)1-2-14(15)17(22)21-9-13(10-21)20-5-3-16-11(8-20)4-6-23-16;/h1-2,4,6-7,13H,3,5,8-10H2;1H. The van der Waals surface area contributed by atoms with Crippen LogP contribution in [0.4, 0.5) is 4.39 Å². The Morgan fingerprint density at radius 1 is 1.29 bits per heavy atom. The van der Waals surface area contributed by atoms with E-state index >= 15 is 0 Å². The Kier molecular flexibility index (Phi) is 5.16. The molecule has 1 aromatic carbocycles. The second-order valence-electron chi connectivity index (χ2n) is 6.08. The molecule has 7 heteroatoms. The van der Waals surface area contributed by atoms with Gasteiger partial charge in [0.05, 0.1) is 10.6 Å². The molecule has 0 unspecified atom stereocenters. The fourth-order valence-corrected chi connectivity index (χ4v) is 4.41. The highest BCUT2D eigenvalue weighted by molar-refractivity contribution is 7.10. The van der Waals surface area contributed by atoms with Crippen LogP contribution in [0.3, 0.4) is 0 Å². The molecule has 0 bridgehead atoms. The van der Waals surface area contributed by atoms with E-state index in [1.165, 1.54) is 28.6 Å². The molecular weight excluding hydrogens is 370 g/mol. The minimum Gasteiger partial charge on any atom is -0.335 e. The van der Waals surface area contributed by atoms with Crippen molar-refractivity contribution in [3.63, 3.8) is 0 Å². The van der Waals surface area contributed by atoms with Crippen molar-refractivity contribution < 1.29 is 9.18 Å². The zero-order chi connectivity index (χ0) is 16.0. The predicted molar refractivity (Wildman–Crippen MR) is 96.8 cm³/mol. The monoisotopic (exact) mass is 386 g/mol. The first-order valence-corrected chi connectivity index (χ1v) is 8.91. The van der Waals surface area contributed by atoms with Gasteiger partial charge in [-0.15, -0.1) is 23.7 Å². The normalized spacial score (nSPS) is 17.8. The van der Waals surface area contributed by atoms with Gasteiger partial charge in [0.15, 0.2) is 0 Å². The number of carbonyl (C=O) groups is 1. The first kappa shape index (κ1) is 17.7. The highest BCUT2D eigenvalue weighted by Gasteiger charge is 2.36. The minimum absolute atomic E-state index is 0. The summed E-state index contributed by atoms with van der Waals surface area (Å²) < 4.78 is 13.1. The molecular formula is C17H17Cl2FN2OS. The molecule has 1 fully saturated rings. The number of hydrogen-bond donors (Lipinski definition) is 0. The molecule has 0 radical (unpaired) electrons. The summed E-state index contributed by atoms with van der Waals surface area (Å²) in [4.78, 5) is 18.2. The Hall–Kier alpha value is -1.14. The van der Waals surface area contributed by atoms with E-state index in [4.69, 9.17) is 11.6 Å². The van der Waals surface area contributed by atoms with Crippen molar-refractivity contribution >= 4 is 41.3 Å². The van der Waals surface area contributed by atoms with E-state index in [0.717, 1.165) is 19.5 Å². The topological polar surface area (TPSA) is 23.6 Å². The average Bonchev–Trinajstić information content (AvgIpc) is 2.93. The molecule has 0 N–H and O–H groups in total. The van der Waals surface area contributed by atoms with E-state index in [1.807, 2.05) is 11.3 Å². The van der Waals surface area contributed by atoms with Gasteiger partial charge >= 0.3 is 0 Å². The van der Waals surface area contributed by atoms with Gasteiger partial charge in [-0.3, -0.25) is 9.69 Å². The Balaban J connectivity index is 0.00000169. The second kappa shape index (κ2) is 7.00. The number of carbonyl (C=O) groups excluding carboxylic acids is 1. The molecule has 3 heterocycles. The molecule has 1 amide bonds. The lowest BCUT2D eigenvalue weighted by molar-refractivity contribution is 0.0221. The Morgan fingerprint density at radius 3 is 2.83 bits per heavy atom. The van der Waals surface area contributed by atoms with Gasteiger partial charge in [0.1, 0.15) is 5.82 Å². The lowest BCUT2D eigenvalue weighted by Crippen LogP contribution is -2.61. The van der Waals surface area contributed by atoms with Crippen molar-refractivity contribution in [1.29, 1.82) is 0 Å². The van der Waals surface area contributed by atoms with Gasteiger partial charge in [0, 0.05) is 37.1 Å². The van der Waals surface area contributed by atoms with Gasteiger partial charge in [-0.1, -0.05) is 11.6 Å². The smallest absolute Gasteiger partial charge is 0.255 e. The van der Waals surface area contributed by atoms with E-state index in [-0.39, 0.29) is 23.3 Å². The van der Waals surface area contributed by atoms with Crippen LogP contribution in [-0.4, -0.2) is 41.4 Å². The number of rotatable bonds is 2. The zero-order valence-corrected chi connectivity index (χ0v) is 15.3. The van der Waals surface area contributed by atoms with Gasteiger partial charge in [0.2, 0.25) is 0 Å². The minimum atomic E-state index is -0.423. The summed E-state index contributed by atoms with van der Waals surface area (Å²) in [6.45, 7) is 3.46. The predicted octanol–water partition coefficient (Wildman–Crippen LogP) is 3.85. The highest BCUT2D eigenvalue weighted by atomic mass is 35.5. The number of amides is 1. The zero-order valence-electron chi connectivity index (χ0n) is 12.9. The van der Waals surface area contributed by atoms with Crippen LogP contribution in [0.1, 0.15) is 20.8 Å². The summed E-state index contributed by atoms with van der Waals surface area (Å²) in [6.07, 6.45) is 1.10. The summed E-state index contributed by atoms with van der Waals surface area (Å²) >= 11 is 7.82. The third kappa shape index (κ3) is 3.18. The molecule has 1 aromatic heterocycles. The summed E-state index contributed by atoms with van der Waals surface area (Å²) in [6, 6.07) is 6.54. The molecule has 2 aromatic rings. The van der Waals surface area contributed by atoms with Gasteiger partial charge in [-0.25, -0.2) is 4.39 Å². The molecule has 0 aliphatic carbocycles. The van der Waals surface area contributed by atoms with Crippen LogP contribution in [-0.2, 0) is 13.0 Å². The number of benzene rings is 1. The number of fused-ring (bicyclic) bond motifs is 1. The van der Waals surface area contributed by atoms with Crippen LogP contribution >= 0.6 is 35.3 Å². The number of nitrogens with zero attached hydrogens (tertiary/aromatic N) is 2. The van der Waals surface area contributed by atoms with Gasteiger partial charge in [-0.05, 0) is 41.6 Å². The molecule has 128 valence electrons. The lowest BCUT2D eigenvalue weighted by Gasteiger charge is -2.46. The van der Waals surface area contributed by atoms with E-state index in [2.05, 4.69) is 16.3 Å². The Labute approximate surface area is 155 Å². The molecule has 1 saturated heterocycles. The van der Waals surface area contributed by atoms with E-state index in [9.17, 15) is 9.18 Å². The summed E-state index contributed by atoms with van der Waals surface area (Å²) in [7, 11) is 0. The summed E-state index contributed by atoms with van der Waals surface area (Å²) in [5, 5.41) is 2.33. The van der Waals surface area contributed by atoms with E-state index in [1.54, 1.807) is 4.90 Å². The fraction of sp³-hybridized carbons (Fsp3) is 0.353. The SMILES string of the molecule is Cl.O=C(c1ccc(F)cc1Cl)N1CC(N2CCc3sccc3C2)C1. The summed E-state index contributed by atoms with van der Waals surface area (Å²) in [5.74, 6) is -0.535. The van der Waals surface area contributed by atoms with Crippen LogP contribution in [0.15, 0.2) is 29.6 Å². The molecule has 3 nitrogen and oxygen atoms in total. The van der Waals surface area contributed by atoms with E-state index in [0.29, 0.717) is 24.7 Å². The molecule has 0 atom stereocenters. The van der Waals surface area contributed by atoms with Crippen molar-refractivity contribution in [3.8, 4) is 0 Å². The van der Waals surface area contributed by atoms with Crippen molar-refractivity contribution in [1.82, 2.24) is 9.80 Å². The number of thiophene rings is 1. The van der Waals surface area contributed by atoms with Crippen LogP contribution in [0.2, 0.25) is 5.02 Å². The number of halogens is 3. The van der Waals surface area contributed by atoms with Crippen molar-refractivity contribution in [2.75, 3.05) is 19.6 Å². The Bertz CT molecular complexity index is 761. The quantitative estimate of drug-likeness (QED) is 0.782. The van der Waals surface area contributed by atoms with Crippen LogP contribution in [0.5, 0.6) is 0 Å². The summed E-state index contributed by atoms with van der Waals surface area (Å²) in [5.41, 5.74) is 1.80. The molecule has 0 spiro atoms. The second-order valence-corrected chi connectivity index (χ2v) is 7.49. The molecule has 24 heavy (non-hydrogen) atoms. The molecule has 0 saturated carbocycles. The number of hydrogen-bond acceptors (Lipinski definition) is 3. The first-order chi connectivity index (χ1) is 11.1. The lowest BCUT2D eigenvalue weighted by atomic mass is 10.0. The first-order valence-electron chi connectivity index (χ1n) is 7.65. The molecule has 2 aliphatic rings. The molecule has 2 aliphatic heterocycles. The van der Waals surface area contributed by atoms with Crippen LogP contribution in [0.25, 0.3) is 0 Å². The van der Waals surface area contributed by atoms with Crippen molar-refractivity contribution in [2.24, 2.45) is 0 Å². The van der Waals surface area contributed by atoms with Crippen LogP contribution < -0.4 is 0 Å². The number of likely N-dealkylation sites (tertiary alicyclic amines) is 1. The largest absolute Gasteiger partial charge is 0.335 e. The van der Waals surface area contributed by atoms with Crippen molar-refractivity contribution in [3.05, 3.63) is 56.5 Å². The third-order valence-electron chi connectivity index (χ3n) is 4.66. The maximum absolute atomic E-state index is 13.1. The Morgan fingerprint density at radius 2 is 2.08 bits per heavy atom. The maximum Gasteiger partial charge on any atom is 0.255 e. The fourth-order valence-electron chi connectivity index (χ4n) is 3.27. The maximum atomic E-state index is 13.1. The third-order valence-corrected chi connectivity index (χ3v) is 6.00.